The number of hydrogen-bond acceptors (Lipinski definition) is 4. The number of halogens is 2. The zero-order valence-electron chi connectivity index (χ0n) is 20.2. The van der Waals surface area contributed by atoms with Gasteiger partial charge in [-0.3, -0.25) is 4.79 Å². The molecule has 0 saturated carbocycles. The van der Waals surface area contributed by atoms with Crippen LogP contribution in [0, 0.1) is 5.92 Å². The first-order chi connectivity index (χ1) is 17.7. The van der Waals surface area contributed by atoms with Gasteiger partial charge in [0.15, 0.2) is 0 Å². The van der Waals surface area contributed by atoms with Crippen molar-refractivity contribution in [3.05, 3.63) is 70.6 Å². The van der Waals surface area contributed by atoms with Gasteiger partial charge in [0.25, 0.3) is 0 Å². The van der Waals surface area contributed by atoms with Crippen molar-refractivity contribution in [1.82, 2.24) is 24.6 Å². The van der Waals surface area contributed by atoms with E-state index in [4.69, 9.17) is 23.2 Å². The van der Waals surface area contributed by atoms with E-state index in [2.05, 4.69) is 26.6 Å². The van der Waals surface area contributed by atoms with E-state index < -0.39 is 16.1 Å². The standard InChI is InChI=1S/C26H27Cl2N5O3S/c1-16-6-9-33(10-7-16)26(34)24(12-17-4-5-21-23(11-17)31-15-30-21)32-37(35,36)18-13-19(27)25(20(28)14-18)22-3-2-8-29-22/h2-5,8,11,13-16,24,29,32H,6-7,9-10,12H2,1H3,(H,30,31). The van der Waals surface area contributed by atoms with Gasteiger partial charge in [-0.1, -0.05) is 36.2 Å². The van der Waals surface area contributed by atoms with Gasteiger partial charge in [0.05, 0.1) is 32.3 Å². The lowest BCUT2D eigenvalue weighted by molar-refractivity contribution is -0.134. The number of fused-ring (bicyclic) bond motifs is 1. The monoisotopic (exact) mass is 559 g/mol. The predicted molar refractivity (Wildman–Crippen MR) is 145 cm³/mol. The van der Waals surface area contributed by atoms with Crippen LogP contribution in [-0.2, 0) is 21.2 Å². The summed E-state index contributed by atoms with van der Waals surface area (Å²) in [7, 11) is -4.13. The normalized spacial score (nSPS) is 15.8. The van der Waals surface area contributed by atoms with E-state index in [-0.39, 0.29) is 27.3 Å². The first-order valence-electron chi connectivity index (χ1n) is 12.1. The average Bonchev–Trinajstić information content (AvgIpc) is 3.55. The van der Waals surface area contributed by atoms with Crippen LogP contribution in [0.1, 0.15) is 25.3 Å². The smallest absolute Gasteiger partial charge is 0.241 e. The summed E-state index contributed by atoms with van der Waals surface area (Å²) in [5.41, 5.74) is 3.60. The summed E-state index contributed by atoms with van der Waals surface area (Å²) in [6.07, 6.45) is 5.28. The molecular formula is C26H27Cl2N5O3S. The third-order valence-corrected chi connectivity index (χ3v) is 8.86. The summed E-state index contributed by atoms with van der Waals surface area (Å²) in [6, 6.07) is 10.9. The van der Waals surface area contributed by atoms with Crippen LogP contribution in [0.3, 0.4) is 0 Å². The second-order valence-electron chi connectivity index (χ2n) is 9.49. The fourth-order valence-corrected chi connectivity index (χ4v) is 6.74. The van der Waals surface area contributed by atoms with Crippen LogP contribution in [0.2, 0.25) is 10.0 Å². The van der Waals surface area contributed by atoms with Crippen LogP contribution >= 0.6 is 23.2 Å². The molecule has 3 heterocycles. The topological polar surface area (TPSA) is 111 Å². The van der Waals surface area contributed by atoms with Gasteiger partial charge in [0, 0.05) is 30.5 Å². The molecule has 2 aromatic carbocycles. The SMILES string of the molecule is CC1CCN(C(=O)C(Cc2ccc3nc[nH]c3c2)NS(=O)(=O)c2cc(Cl)c(-c3ccc[nH]3)c(Cl)c2)CC1. The minimum atomic E-state index is -4.13. The number of amides is 1. The molecule has 0 bridgehead atoms. The molecule has 1 fully saturated rings. The van der Waals surface area contributed by atoms with Crippen molar-refractivity contribution in [3.8, 4) is 11.3 Å². The van der Waals surface area contributed by atoms with Gasteiger partial charge in [-0.25, -0.2) is 13.4 Å². The van der Waals surface area contributed by atoms with Gasteiger partial charge >= 0.3 is 0 Å². The predicted octanol–water partition coefficient (Wildman–Crippen LogP) is 5.01. The average molecular weight is 561 g/mol. The van der Waals surface area contributed by atoms with Crippen LogP contribution < -0.4 is 4.72 Å². The summed E-state index contributed by atoms with van der Waals surface area (Å²) in [4.78, 5) is 25.5. The molecule has 1 aliphatic rings. The van der Waals surface area contributed by atoms with Gasteiger partial charge in [0.1, 0.15) is 6.04 Å². The Balaban J connectivity index is 1.45. The van der Waals surface area contributed by atoms with Crippen LogP contribution in [0.25, 0.3) is 22.3 Å². The molecule has 37 heavy (non-hydrogen) atoms. The number of nitrogens with zero attached hydrogens (tertiary/aromatic N) is 2. The van der Waals surface area contributed by atoms with Crippen LogP contribution in [-0.4, -0.2) is 53.3 Å². The number of piperidine rings is 1. The van der Waals surface area contributed by atoms with Crippen LogP contribution in [0.5, 0.6) is 0 Å². The van der Waals surface area contributed by atoms with Crippen molar-refractivity contribution in [2.45, 2.75) is 37.1 Å². The quantitative estimate of drug-likeness (QED) is 0.295. The lowest BCUT2D eigenvalue weighted by atomic mass is 9.98. The number of carbonyl (C=O) groups is 1. The number of likely N-dealkylation sites (tertiary alicyclic amines) is 1. The number of carbonyl (C=O) groups excluding carboxylic acids is 1. The van der Waals surface area contributed by atoms with Gasteiger partial charge in [-0.05, 0) is 67.1 Å². The first-order valence-corrected chi connectivity index (χ1v) is 14.3. The molecule has 8 nitrogen and oxygen atoms in total. The Morgan fingerprint density at radius 1 is 1.14 bits per heavy atom. The Morgan fingerprint density at radius 2 is 1.86 bits per heavy atom. The minimum Gasteiger partial charge on any atom is -0.361 e. The lowest BCUT2D eigenvalue weighted by Crippen LogP contribution is -2.51. The minimum absolute atomic E-state index is 0.105. The Bertz CT molecular complexity index is 1500. The molecule has 194 valence electrons. The Kier molecular flexibility index (Phi) is 7.31. The highest BCUT2D eigenvalue weighted by Crippen LogP contribution is 2.36. The van der Waals surface area contributed by atoms with Gasteiger partial charge in [-0.2, -0.15) is 4.72 Å². The molecule has 0 aliphatic carbocycles. The number of benzene rings is 2. The highest BCUT2D eigenvalue weighted by Gasteiger charge is 2.32. The molecule has 5 rings (SSSR count). The summed E-state index contributed by atoms with van der Waals surface area (Å²) in [5.74, 6) is 0.282. The van der Waals surface area contributed by atoms with E-state index in [1.807, 2.05) is 18.2 Å². The number of aromatic amines is 2. The number of H-pyrrole nitrogens is 2. The molecule has 11 heteroatoms. The third-order valence-electron chi connectivity index (χ3n) is 6.81. The molecule has 1 atom stereocenters. The Labute approximate surface area is 225 Å². The number of nitrogens with one attached hydrogen (secondary N) is 3. The molecule has 0 spiro atoms. The highest BCUT2D eigenvalue weighted by atomic mass is 35.5. The number of imidazole rings is 1. The van der Waals surface area contributed by atoms with Gasteiger partial charge in [-0.15, -0.1) is 0 Å². The van der Waals surface area contributed by atoms with Gasteiger partial charge in [0.2, 0.25) is 15.9 Å². The Hall–Kier alpha value is -2.85. The molecule has 3 N–H and O–H groups in total. The zero-order valence-corrected chi connectivity index (χ0v) is 22.5. The molecule has 1 unspecified atom stereocenters. The second-order valence-corrected chi connectivity index (χ2v) is 12.0. The third kappa shape index (κ3) is 5.55. The van der Waals surface area contributed by atoms with E-state index >= 15 is 0 Å². The molecule has 1 saturated heterocycles. The fourth-order valence-electron chi connectivity index (χ4n) is 4.68. The zero-order chi connectivity index (χ0) is 26.2. The molecule has 0 radical (unpaired) electrons. The molecule has 4 aromatic rings. The van der Waals surface area contributed by atoms with E-state index in [0.29, 0.717) is 30.3 Å². The van der Waals surface area contributed by atoms with Crippen molar-refractivity contribution in [3.63, 3.8) is 0 Å². The first kappa shape index (κ1) is 25.8. The summed E-state index contributed by atoms with van der Waals surface area (Å²) in [6.45, 7) is 3.35. The summed E-state index contributed by atoms with van der Waals surface area (Å²) >= 11 is 12.9. The highest BCUT2D eigenvalue weighted by molar-refractivity contribution is 7.89. The van der Waals surface area contributed by atoms with Crippen molar-refractivity contribution >= 4 is 50.2 Å². The van der Waals surface area contributed by atoms with Crippen molar-refractivity contribution in [1.29, 1.82) is 0 Å². The molecule has 1 amide bonds. The summed E-state index contributed by atoms with van der Waals surface area (Å²) in [5, 5.41) is 0.376. The fraction of sp³-hybridized carbons (Fsp3) is 0.308. The summed E-state index contributed by atoms with van der Waals surface area (Å²) < 4.78 is 29.7. The maximum atomic E-state index is 13.6. The van der Waals surface area contributed by atoms with E-state index in [9.17, 15) is 13.2 Å². The second kappa shape index (κ2) is 10.5. The van der Waals surface area contributed by atoms with Crippen molar-refractivity contribution < 1.29 is 13.2 Å². The van der Waals surface area contributed by atoms with E-state index in [0.717, 1.165) is 29.4 Å². The maximum absolute atomic E-state index is 13.6. The van der Waals surface area contributed by atoms with Crippen molar-refractivity contribution in [2.75, 3.05) is 13.1 Å². The molecular weight excluding hydrogens is 533 g/mol. The molecule has 1 aliphatic heterocycles. The maximum Gasteiger partial charge on any atom is 0.241 e. The Morgan fingerprint density at radius 3 is 2.54 bits per heavy atom. The number of hydrogen-bond donors (Lipinski definition) is 3. The van der Waals surface area contributed by atoms with E-state index in [1.165, 1.54) is 12.1 Å². The largest absolute Gasteiger partial charge is 0.361 e. The van der Waals surface area contributed by atoms with Crippen molar-refractivity contribution in [2.24, 2.45) is 5.92 Å². The van der Waals surface area contributed by atoms with E-state index in [1.54, 1.807) is 29.6 Å². The number of sulfonamides is 1. The molecule has 2 aromatic heterocycles. The van der Waals surface area contributed by atoms with Gasteiger partial charge < -0.3 is 14.9 Å². The van der Waals surface area contributed by atoms with Crippen LogP contribution in [0.4, 0.5) is 0 Å². The number of rotatable bonds is 7. The lowest BCUT2D eigenvalue weighted by Gasteiger charge is -2.33. The van der Waals surface area contributed by atoms with Crippen LogP contribution in [0.15, 0.2) is 59.9 Å². The number of aromatic nitrogens is 3.